The summed E-state index contributed by atoms with van der Waals surface area (Å²) in [6, 6.07) is 2.01. The van der Waals surface area contributed by atoms with Gasteiger partial charge in [0.05, 0.1) is 19.9 Å². The molecule has 2 atom stereocenters. The largest absolute Gasteiger partial charge is 0.467 e. The molecule has 106 valence electrons. The van der Waals surface area contributed by atoms with Crippen molar-refractivity contribution < 1.29 is 13.9 Å². The quantitative estimate of drug-likeness (QED) is 0.839. The van der Waals surface area contributed by atoms with Gasteiger partial charge in [-0.25, -0.2) is 4.79 Å². The van der Waals surface area contributed by atoms with E-state index in [4.69, 9.17) is 14.9 Å². The van der Waals surface area contributed by atoms with Gasteiger partial charge in [0.25, 0.3) is 0 Å². The number of nitrogens with zero attached hydrogens (tertiary/aromatic N) is 1. The van der Waals surface area contributed by atoms with Crippen LogP contribution < -0.4 is 5.73 Å². The minimum absolute atomic E-state index is 0.349. The highest BCUT2D eigenvalue weighted by molar-refractivity contribution is 5.90. The Labute approximate surface area is 113 Å². The minimum atomic E-state index is -0.349. The first kappa shape index (κ1) is 14.1. The molecule has 2 heterocycles. The zero-order valence-electron chi connectivity index (χ0n) is 11.6. The molecular weight excluding hydrogens is 244 g/mol. The third-order valence-electron chi connectivity index (χ3n) is 3.97. The summed E-state index contributed by atoms with van der Waals surface area (Å²) in [5, 5.41) is 0. The average molecular weight is 266 g/mol. The molecule has 1 aliphatic heterocycles. The SMILES string of the molecule is COC(=O)c1ccoc1CN1CCCC(C)C1CN. The average Bonchev–Trinajstić information content (AvgIpc) is 2.86. The Bertz CT molecular complexity index is 430. The van der Waals surface area contributed by atoms with E-state index >= 15 is 0 Å². The van der Waals surface area contributed by atoms with Crippen LogP contribution in [0.15, 0.2) is 16.7 Å². The van der Waals surface area contributed by atoms with Gasteiger partial charge in [-0.3, -0.25) is 4.90 Å². The van der Waals surface area contributed by atoms with Gasteiger partial charge in [-0.1, -0.05) is 6.92 Å². The van der Waals surface area contributed by atoms with E-state index in [0.717, 1.165) is 13.0 Å². The third-order valence-corrected chi connectivity index (χ3v) is 3.97. The van der Waals surface area contributed by atoms with E-state index in [1.165, 1.54) is 19.8 Å². The molecule has 1 saturated heterocycles. The van der Waals surface area contributed by atoms with Crippen LogP contribution in [0.2, 0.25) is 0 Å². The van der Waals surface area contributed by atoms with Crippen LogP contribution in [0.3, 0.4) is 0 Å². The lowest BCUT2D eigenvalue weighted by atomic mass is 9.90. The minimum Gasteiger partial charge on any atom is -0.467 e. The first-order valence-corrected chi connectivity index (χ1v) is 6.76. The zero-order valence-corrected chi connectivity index (χ0v) is 11.6. The Morgan fingerprint density at radius 3 is 3.11 bits per heavy atom. The lowest BCUT2D eigenvalue weighted by molar-refractivity contribution is 0.0588. The molecule has 1 aromatic rings. The summed E-state index contributed by atoms with van der Waals surface area (Å²) in [5.41, 5.74) is 6.38. The number of carbonyl (C=O) groups excluding carboxylic acids is 1. The highest BCUT2D eigenvalue weighted by Crippen LogP contribution is 2.25. The van der Waals surface area contributed by atoms with Crippen molar-refractivity contribution in [1.29, 1.82) is 0 Å². The Hall–Kier alpha value is -1.33. The highest BCUT2D eigenvalue weighted by Gasteiger charge is 2.29. The van der Waals surface area contributed by atoms with Crippen molar-refractivity contribution in [3.63, 3.8) is 0 Å². The highest BCUT2D eigenvalue weighted by atomic mass is 16.5. The lowest BCUT2D eigenvalue weighted by Gasteiger charge is -2.39. The van der Waals surface area contributed by atoms with E-state index in [1.54, 1.807) is 6.07 Å². The number of likely N-dealkylation sites (tertiary alicyclic amines) is 1. The van der Waals surface area contributed by atoms with E-state index in [-0.39, 0.29) is 5.97 Å². The van der Waals surface area contributed by atoms with Crippen molar-refractivity contribution in [2.75, 3.05) is 20.2 Å². The van der Waals surface area contributed by atoms with E-state index in [9.17, 15) is 4.79 Å². The molecule has 0 saturated carbocycles. The zero-order chi connectivity index (χ0) is 13.8. The molecule has 5 nitrogen and oxygen atoms in total. The molecule has 0 aliphatic carbocycles. The van der Waals surface area contributed by atoms with Crippen molar-refractivity contribution >= 4 is 5.97 Å². The van der Waals surface area contributed by atoms with E-state index < -0.39 is 0 Å². The maximum atomic E-state index is 11.6. The van der Waals surface area contributed by atoms with Gasteiger partial charge < -0.3 is 14.9 Å². The molecule has 2 rings (SSSR count). The summed E-state index contributed by atoms with van der Waals surface area (Å²) in [4.78, 5) is 13.9. The number of hydrogen-bond acceptors (Lipinski definition) is 5. The number of methoxy groups -OCH3 is 1. The predicted octanol–water partition coefficient (Wildman–Crippen LogP) is 1.63. The van der Waals surface area contributed by atoms with Crippen LogP contribution in [-0.2, 0) is 11.3 Å². The van der Waals surface area contributed by atoms with Gasteiger partial charge in [-0.2, -0.15) is 0 Å². The summed E-state index contributed by atoms with van der Waals surface area (Å²) in [5.74, 6) is 0.896. The van der Waals surface area contributed by atoms with E-state index in [2.05, 4.69) is 11.8 Å². The molecule has 19 heavy (non-hydrogen) atoms. The monoisotopic (exact) mass is 266 g/mol. The fourth-order valence-electron chi connectivity index (χ4n) is 2.85. The second kappa shape index (κ2) is 6.21. The predicted molar refractivity (Wildman–Crippen MR) is 71.7 cm³/mol. The molecule has 2 unspecified atom stereocenters. The maximum absolute atomic E-state index is 11.6. The van der Waals surface area contributed by atoms with Gasteiger partial charge in [0.15, 0.2) is 0 Å². The Balaban J connectivity index is 2.11. The molecule has 0 spiro atoms. The summed E-state index contributed by atoms with van der Waals surface area (Å²) in [6.45, 7) is 4.47. The summed E-state index contributed by atoms with van der Waals surface area (Å²) in [6.07, 6.45) is 3.90. The number of carbonyl (C=O) groups is 1. The first-order chi connectivity index (χ1) is 9.17. The normalized spacial score (nSPS) is 24.4. The van der Waals surface area contributed by atoms with Gasteiger partial charge in [-0.05, 0) is 31.4 Å². The Morgan fingerprint density at radius 1 is 1.63 bits per heavy atom. The molecule has 5 heteroatoms. The van der Waals surface area contributed by atoms with Crippen molar-refractivity contribution in [1.82, 2.24) is 4.90 Å². The molecule has 0 aromatic carbocycles. The van der Waals surface area contributed by atoms with Gasteiger partial charge in [0.2, 0.25) is 0 Å². The number of furan rings is 1. The maximum Gasteiger partial charge on any atom is 0.341 e. The Kier molecular flexibility index (Phi) is 4.61. The van der Waals surface area contributed by atoms with Crippen molar-refractivity contribution in [3.05, 3.63) is 23.7 Å². The summed E-state index contributed by atoms with van der Waals surface area (Å²) >= 11 is 0. The topological polar surface area (TPSA) is 68.7 Å². The van der Waals surface area contributed by atoms with Crippen LogP contribution in [0, 0.1) is 5.92 Å². The fraction of sp³-hybridized carbons (Fsp3) is 0.643. The standard InChI is InChI=1S/C14H22N2O3/c1-10-4-3-6-16(12(10)8-15)9-13-11(5-7-19-13)14(17)18-2/h5,7,10,12H,3-4,6,8-9,15H2,1-2H3. The second-order valence-corrected chi connectivity index (χ2v) is 5.14. The smallest absolute Gasteiger partial charge is 0.341 e. The molecular formula is C14H22N2O3. The van der Waals surface area contributed by atoms with Crippen LogP contribution in [0.5, 0.6) is 0 Å². The van der Waals surface area contributed by atoms with Gasteiger partial charge in [0.1, 0.15) is 11.3 Å². The Morgan fingerprint density at radius 2 is 2.42 bits per heavy atom. The summed E-state index contributed by atoms with van der Waals surface area (Å²) < 4.78 is 10.2. The number of nitrogens with two attached hydrogens (primary N) is 1. The van der Waals surface area contributed by atoms with Gasteiger partial charge >= 0.3 is 5.97 Å². The molecule has 1 aromatic heterocycles. The van der Waals surface area contributed by atoms with Crippen LogP contribution in [0.25, 0.3) is 0 Å². The number of rotatable bonds is 4. The fourth-order valence-corrected chi connectivity index (χ4v) is 2.85. The molecule has 0 amide bonds. The van der Waals surface area contributed by atoms with Gasteiger partial charge in [0, 0.05) is 12.6 Å². The lowest BCUT2D eigenvalue weighted by Crippen LogP contribution is -2.48. The summed E-state index contributed by atoms with van der Waals surface area (Å²) in [7, 11) is 1.38. The third kappa shape index (κ3) is 2.98. The van der Waals surface area contributed by atoms with Crippen molar-refractivity contribution in [2.45, 2.75) is 32.4 Å². The van der Waals surface area contributed by atoms with Crippen LogP contribution in [0.1, 0.15) is 35.9 Å². The van der Waals surface area contributed by atoms with Crippen LogP contribution in [-0.4, -0.2) is 37.1 Å². The van der Waals surface area contributed by atoms with E-state index in [1.807, 2.05) is 0 Å². The van der Waals surface area contributed by atoms with Crippen LogP contribution >= 0.6 is 0 Å². The van der Waals surface area contributed by atoms with Crippen LogP contribution in [0.4, 0.5) is 0 Å². The molecule has 0 bridgehead atoms. The molecule has 2 N–H and O–H groups in total. The first-order valence-electron chi connectivity index (χ1n) is 6.76. The molecule has 1 aliphatic rings. The van der Waals surface area contributed by atoms with Gasteiger partial charge in [-0.15, -0.1) is 0 Å². The number of piperidine rings is 1. The van der Waals surface area contributed by atoms with Crippen molar-refractivity contribution in [2.24, 2.45) is 11.7 Å². The molecule has 0 radical (unpaired) electrons. The molecule has 1 fully saturated rings. The number of ether oxygens (including phenoxy) is 1. The van der Waals surface area contributed by atoms with Crippen molar-refractivity contribution in [3.8, 4) is 0 Å². The number of hydrogen-bond donors (Lipinski definition) is 1. The van der Waals surface area contributed by atoms with E-state index in [0.29, 0.717) is 36.4 Å². The number of esters is 1. The second-order valence-electron chi connectivity index (χ2n) is 5.14.